The molecule has 1 unspecified atom stereocenters. The molecule has 108 valence electrons. The first-order chi connectivity index (χ1) is 9.67. The van der Waals surface area contributed by atoms with E-state index in [1.54, 1.807) is 0 Å². The zero-order valence-corrected chi connectivity index (χ0v) is 12.6. The smallest absolute Gasteiger partial charge is 0.140 e. The summed E-state index contributed by atoms with van der Waals surface area (Å²) in [6.45, 7) is 6.49. The molecule has 1 aromatic carbocycles. The summed E-state index contributed by atoms with van der Waals surface area (Å²) >= 11 is 0. The second-order valence-corrected chi connectivity index (χ2v) is 4.88. The Morgan fingerprint density at radius 2 is 2.05 bits per heavy atom. The van der Waals surface area contributed by atoms with E-state index in [4.69, 9.17) is 9.26 Å². The molecule has 0 fully saturated rings. The van der Waals surface area contributed by atoms with Crippen LogP contribution < -0.4 is 10.1 Å². The number of nitrogens with zero attached hydrogens (tertiary/aromatic N) is 1. The predicted octanol–water partition coefficient (Wildman–Crippen LogP) is 3.54. The van der Waals surface area contributed by atoms with Gasteiger partial charge in [0, 0.05) is 11.6 Å². The summed E-state index contributed by atoms with van der Waals surface area (Å²) in [5, 5.41) is 7.26. The van der Waals surface area contributed by atoms with Gasteiger partial charge >= 0.3 is 0 Å². The molecule has 1 N–H and O–H groups in total. The molecule has 0 aliphatic rings. The third-order valence-corrected chi connectivity index (χ3v) is 3.60. The average Bonchev–Trinajstić information content (AvgIpc) is 2.78. The van der Waals surface area contributed by atoms with Gasteiger partial charge in [0.2, 0.25) is 0 Å². The minimum atomic E-state index is 0.302. The Balaban J connectivity index is 2.18. The van der Waals surface area contributed by atoms with Crippen molar-refractivity contribution in [1.29, 1.82) is 0 Å². The minimum absolute atomic E-state index is 0.302. The number of hydrogen-bond acceptors (Lipinski definition) is 4. The van der Waals surface area contributed by atoms with Gasteiger partial charge in [0.25, 0.3) is 0 Å². The van der Waals surface area contributed by atoms with E-state index in [9.17, 15) is 0 Å². The number of hydrogen-bond donors (Lipinski definition) is 1. The van der Waals surface area contributed by atoms with Crippen LogP contribution in [0.5, 0.6) is 5.75 Å². The fourth-order valence-electron chi connectivity index (χ4n) is 2.34. The maximum Gasteiger partial charge on any atom is 0.140 e. The lowest BCUT2D eigenvalue weighted by Crippen LogP contribution is -2.16. The van der Waals surface area contributed by atoms with Crippen LogP contribution in [0.1, 0.15) is 42.0 Å². The molecule has 0 aliphatic carbocycles. The molecule has 1 aromatic heterocycles. The maximum absolute atomic E-state index is 5.99. The normalized spacial score (nSPS) is 12.4. The van der Waals surface area contributed by atoms with Crippen molar-refractivity contribution in [2.45, 2.75) is 39.8 Å². The number of rotatable bonds is 6. The van der Waals surface area contributed by atoms with Gasteiger partial charge in [-0.3, -0.25) is 0 Å². The van der Waals surface area contributed by atoms with E-state index >= 15 is 0 Å². The van der Waals surface area contributed by atoms with Crippen LogP contribution in [0.15, 0.2) is 28.8 Å². The molecule has 20 heavy (non-hydrogen) atoms. The van der Waals surface area contributed by atoms with Crippen LogP contribution in [0.25, 0.3) is 0 Å². The van der Waals surface area contributed by atoms with Crippen LogP contribution in [0.3, 0.4) is 0 Å². The van der Waals surface area contributed by atoms with E-state index in [1.165, 1.54) is 5.56 Å². The van der Waals surface area contributed by atoms with Gasteiger partial charge in [-0.15, -0.1) is 0 Å². The lowest BCUT2D eigenvalue weighted by atomic mass is 10.0. The van der Waals surface area contributed by atoms with E-state index in [0.717, 1.165) is 29.2 Å². The van der Waals surface area contributed by atoms with Gasteiger partial charge in [-0.1, -0.05) is 30.3 Å². The van der Waals surface area contributed by atoms with Gasteiger partial charge in [0.1, 0.15) is 18.1 Å². The summed E-state index contributed by atoms with van der Waals surface area (Å²) in [4.78, 5) is 0. The quantitative estimate of drug-likeness (QED) is 0.875. The Morgan fingerprint density at radius 1 is 1.30 bits per heavy atom. The molecule has 0 bridgehead atoms. The highest BCUT2D eigenvalue weighted by atomic mass is 16.5. The number of aromatic nitrogens is 1. The zero-order chi connectivity index (χ0) is 14.5. The van der Waals surface area contributed by atoms with Gasteiger partial charge in [0.15, 0.2) is 0 Å². The van der Waals surface area contributed by atoms with E-state index in [1.807, 2.05) is 39.1 Å². The number of ether oxygens (including phenoxy) is 1. The van der Waals surface area contributed by atoms with Crippen LogP contribution in [-0.4, -0.2) is 12.2 Å². The van der Waals surface area contributed by atoms with Crippen molar-refractivity contribution >= 4 is 0 Å². The van der Waals surface area contributed by atoms with Crippen LogP contribution in [-0.2, 0) is 6.61 Å². The Bertz CT molecular complexity index is 540. The van der Waals surface area contributed by atoms with Crippen molar-refractivity contribution in [3.05, 3.63) is 46.8 Å². The van der Waals surface area contributed by atoms with E-state index in [-0.39, 0.29) is 0 Å². The highest BCUT2D eigenvalue weighted by Gasteiger charge is 2.14. The SMILES string of the molecule is CCC(NC)c1ccccc1OCc1c(C)noc1C. The van der Waals surface area contributed by atoms with E-state index in [2.05, 4.69) is 23.5 Å². The van der Waals surface area contributed by atoms with E-state index in [0.29, 0.717) is 12.6 Å². The molecule has 0 radical (unpaired) electrons. The summed E-state index contributed by atoms with van der Waals surface area (Å²) < 4.78 is 11.1. The molecule has 0 amide bonds. The number of aryl methyl sites for hydroxylation is 2. The molecule has 0 saturated heterocycles. The van der Waals surface area contributed by atoms with Gasteiger partial charge in [-0.25, -0.2) is 0 Å². The summed E-state index contributed by atoms with van der Waals surface area (Å²) in [5.41, 5.74) is 3.10. The van der Waals surface area contributed by atoms with Crippen LogP contribution in [0.4, 0.5) is 0 Å². The Hall–Kier alpha value is -1.81. The standard InChI is InChI=1S/C16H22N2O2/c1-5-15(17-4)13-8-6-7-9-16(13)19-10-14-11(2)18-20-12(14)3/h6-9,15,17H,5,10H2,1-4H3. The van der Waals surface area contributed by atoms with Crippen LogP contribution in [0, 0.1) is 13.8 Å². The molecule has 2 aromatic rings. The molecule has 0 spiro atoms. The second-order valence-electron chi connectivity index (χ2n) is 4.88. The van der Waals surface area contributed by atoms with Crippen LogP contribution in [0.2, 0.25) is 0 Å². The molecule has 0 aliphatic heterocycles. The molecule has 0 saturated carbocycles. The molecule has 4 nitrogen and oxygen atoms in total. The van der Waals surface area contributed by atoms with Gasteiger partial charge in [-0.05, 0) is 33.4 Å². The highest BCUT2D eigenvalue weighted by Crippen LogP contribution is 2.28. The molecular weight excluding hydrogens is 252 g/mol. The van der Waals surface area contributed by atoms with Crippen molar-refractivity contribution in [2.24, 2.45) is 0 Å². The van der Waals surface area contributed by atoms with Crippen molar-refractivity contribution in [1.82, 2.24) is 10.5 Å². The third-order valence-electron chi connectivity index (χ3n) is 3.60. The summed E-state index contributed by atoms with van der Waals surface area (Å²) in [6, 6.07) is 8.45. The van der Waals surface area contributed by atoms with Crippen molar-refractivity contribution in [2.75, 3.05) is 7.05 Å². The van der Waals surface area contributed by atoms with Crippen molar-refractivity contribution in [3.63, 3.8) is 0 Å². The highest BCUT2D eigenvalue weighted by molar-refractivity contribution is 5.36. The largest absolute Gasteiger partial charge is 0.488 e. The first-order valence-corrected chi connectivity index (χ1v) is 6.98. The first-order valence-electron chi connectivity index (χ1n) is 6.98. The number of benzene rings is 1. The predicted molar refractivity (Wildman–Crippen MR) is 78.8 cm³/mol. The molecular formula is C16H22N2O2. The van der Waals surface area contributed by atoms with Crippen molar-refractivity contribution < 1.29 is 9.26 Å². The molecule has 2 rings (SSSR count). The molecule has 1 heterocycles. The Labute approximate surface area is 120 Å². The minimum Gasteiger partial charge on any atom is -0.488 e. The molecule has 1 atom stereocenters. The van der Waals surface area contributed by atoms with Crippen molar-refractivity contribution in [3.8, 4) is 5.75 Å². The van der Waals surface area contributed by atoms with Gasteiger partial charge in [-0.2, -0.15) is 0 Å². The lowest BCUT2D eigenvalue weighted by molar-refractivity contribution is 0.295. The number of nitrogens with one attached hydrogen (secondary N) is 1. The first kappa shape index (κ1) is 14.6. The molecule has 4 heteroatoms. The monoisotopic (exact) mass is 274 g/mol. The maximum atomic E-state index is 5.99. The third kappa shape index (κ3) is 3.02. The zero-order valence-electron chi connectivity index (χ0n) is 12.6. The van der Waals surface area contributed by atoms with Crippen LogP contribution >= 0.6 is 0 Å². The second kappa shape index (κ2) is 6.57. The van der Waals surface area contributed by atoms with Gasteiger partial charge < -0.3 is 14.6 Å². The summed E-state index contributed by atoms with van der Waals surface area (Å²) in [6.07, 6.45) is 1.02. The summed E-state index contributed by atoms with van der Waals surface area (Å²) in [5.74, 6) is 1.73. The summed E-state index contributed by atoms with van der Waals surface area (Å²) in [7, 11) is 1.97. The fourth-order valence-corrected chi connectivity index (χ4v) is 2.34. The fraction of sp³-hybridized carbons (Fsp3) is 0.438. The lowest BCUT2D eigenvalue weighted by Gasteiger charge is -2.18. The topological polar surface area (TPSA) is 47.3 Å². The van der Waals surface area contributed by atoms with Gasteiger partial charge in [0.05, 0.1) is 11.3 Å². The number of para-hydroxylation sites is 1. The Kier molecular flexibility index (Phi) is 4.79. The van der Waals surface area contributed by atoms with E-state index < -0.39 is 0 Å². The Morgan fingerprint density at radius 3 is 2.65 bits per heavy atom. The average molecular weight is 274 g/mol.